The summed E-state index contributed by atoms with van der Waals surface area (Å²) in [4.78, 5) is 14.6. The zero-order valence-corrected chi connectivity index (χ0v) is 13.2. The molecule has 0 spiro atoms. The van der Waals surface area contributed by atoms with Gasteiger partial charge in [-0.3, -0.25) is 9.69 Å². The van der Waals surface area contributed by atoms with Crippen LogP contribution in [-0.4, -0.2) is 43.0 Å². The van der Waals surface area contributed by atoms with Gasteiger partial charge >= 0.3 is 0 Å². The molecule has 0 saturated carbocycles. The van der Waals surface area contributed by atoms with Crippen molar-refractivity contribution in [2.45, 2.75) is 39.2 Å². The molecule has 1 heterocycles. The first-order chi connectivity index (χ1) is 10.2. The van der Waals surface area contributed by atoms with Gasteiger partial charge in [0.05, 0.1) is 0 Å². The standard InChI is InChI=1S/C17H27N3O/c1-3-11-18-15-9-7-14(8-10-15)17(21)19-13-16-6-5-12-20(16)4-2/h7-10,16,18H,3-6,11-13H2,1-2H3,(H,19,21). The van der Waals surface area contributed by atoms with Crippen LogP contribution >= 0.6 is 0 Å². The van der Waals surface area contributed by atoms with Crippen molar-refractivity contribution in [2.75, 3.05) is 31.5 Å². The molecule has 1 unspecified atom stereocenters. The molecule has 4 heteroatoms. The first-order valence-corrected chi connectivity index (χ1v) is 8.10. The van der Waals surface area contributed by atoms with Crippen LogP contribution in [0.2, 0.25) is 0 Å². The molecule has 1 fully saturated rings. The molecule has 0 radical (unpaired) electrons. The molecule has 0 aliphatic carbocycles. The van der Waals surface area contributed by atoms with Crippen LogP contribution < -0.4 is 10.6 Å². The van der Waals surface area contributed by atoms with Gasteiger partial charge in [0.15, 0.2) is 0 Å². The lowest BCUT2D eigenvalue weighted by Crippen LogP contribution is -2.40. The van der Waals surface area contributed by atoms with Gasteiger partial charge < -0.3 is 10.6 Å². The molecule has 1 atom stereocenters. The minimum atomic E-state index is 0.0278. The third kappa shape index (κ3) is 4.46. The van der Waals surface area contributed by atoms with Gasteiger partial charge in [0.25, 0.3) is 5.91 Å². The molecule has 0 bridgehead atoms. The first kappa shape index (κ1) is 15.8. The fourth-order valence-electron chi connectivity index (χ4n) is 2.86. The van der Waals surface area contributed by atoms with Gasteiger partial charge in [0.2, 0.25) is 0 Å². The van der Waals surface area contributed by atoms with Gasteiger partial charge in [-0.2, -0.15) is 0 Å². The number of hydrogen-bond donors (Lipinski definition) is 2. The molecule has 1 aliphatic rings. The van der Waals surface area contributed by atoms with Crippen molar-refractivity contribution in [1.29, 1.82) is 0 Å². The third-order valence-corrected chi connectivity index (χ3v) is 4.13. The topological polar surface area (TPSA) is 44.4 Å². The van der Waals surface area contributed by atoms with Crippen LogP contribution in [-0.2, 0) is 0 Å². The zero-order chi connectivity index (χ0) is 15.1. The average Bonchev–Trinajstić information content (AvgIpc) is 2.98. The number of rotatable bonds is 7. The maximum atomic E-state index is 12.2. The van der Waals surface area contributed by atoms with E-state index < -0.39 is 0 Å². The average molecular weight is 289 g/mol. The van der Waals surface area contributed by atoms with Gasteiger partial charge in [-0.15, -0.1) is 0 Å². The summed E-state index contributed by atoms with van der Waals surface area (Å²) >= 11 is 0. The molecule has 2 rings (SSSR count). The lowest BCUT2D eigenvalue weighted by molar-refractivity contribution is 0.0941. The highest BCUT2D eigenvalue weighted by Crippen LogP contribution is 2.16. The molecule has 0 aromatic heterocycles. The fraction of sp³-hybridized carbons (Fsp3) is 0.588. The molecule has 21 heavy (non-hydrogen) atoms. The molecule has 4 nitrogen and oxygen atoms in total. The Labute approximate surface area is 127 Å². The van der Waals surface area contributed by atoms with Crippen LogP contribution in [0, 0.1) is 0 Å². The van der Waals surface area contributed by atoms with Crippen molar-refractivity contribution in [2.24, 2.45) is 0 Å². The van der Waals surface area contributed by atoms with E-state index >= 15 is 0 Å². The summed E-state index contributed by atoms with van der Waals surface area (Å²) in [5, 5.41) is 6.38. The van der Waals surface area contributed by atoms with Crippen molar-refractivity contribution >= 4 is 11.6 Å². The summed E-state index contributed by atoms with van der Waals surface area (Å²) < 4.78 is 0. The SMILES string of the molecule is CCCNc1ccc(C(=O)NCC2CCCN2CC)cc1. The smallest absolute Gasteiger partial charge is 0.251 e. The Morgan fingerprint density at radius 2 is 2.05 bits per heavy atom. The molecule has 1 saturated heterocycles. The maximum absolute atomic E-state index is 12.2. The number of benzene rings is 1. The second-order valence-corrected chi connectivity index (χ2v) is 5.64. The lowest BCUT2D eigenvalue weighted by Gasteiger charge is -2.22. The normalized spacial score (nSPS) is 18.7. The Bertz CT molecular complexity index is 444. The van der Waals surface area contributed by atoms with Crippen LogP contribution in [0.1, 0.15) is 43.5 Å². The van der Waals surface area contributed by atoms with E-state index in [9.17, 15) is 4.79 Å². The number of nitrogens with one attached hydrogen (secondary N) is 2. The summed E-state index contributed by atoms with van der Waals surface area (Å²) in [5.74, 6) is 0.0278. The van der Waals surface area contributed by atoms with Crippen molar-refractivity contribution in [3.05, 3.63) is 29.8 Å². The highest BCUT2D eigenvalue weighted by atomic mass is 16.1. The van der Waals surface area contributed by atoms with Gasteiger partial charge in [-0.25, -0.2) is 0 Å². The predicted molar refractivity (Wildman–Crippen MR) is 87.8 cm³/mol. The van der Waals surface area contributed by atoms with Gasteiger partial charge in [0, 0.05) is 30.4 Å². The molecular weight excluding hydrogens is 262 g/mol. The summed E-state index contributed by atoms with van der Waals surface area (Å²) in [6.07, 6.45) is 3.53. The molecular formula is C17H27N3O. The maximum Gasteiger partial charge on any atom is 0.251 e. The van der Waals surface area contributed by atoms with Crippen molar-refractivity contribution in [3.63, 3.8) is 0 Å². The number of nitrogens with zero attached hydrogens (tertiary/aromatic N) is 1. The minimum Gasteiger partial charge on any atom is -0.385 e. The van der Waals surface area contributed by atoms with Crippen molar-refractivity contribution < 1.29 is 4.79 Å². The van der Waals surface area contributed by atoms with Crippen LogP contribution in [0.25, 0.3) is 0 Å². The fourth-order valence-corrected chi connectivity index (χ4v) is 2.86. The van der Waals surface area contributed by atoms with Gasteiger partial charge in [0.1, 0.15) is 0 Å². The number of anilines is 1. The first-order valence-electron chi connectivity index (χ1n) is 8.10. The zero-order valence-electron chi connectivity index (χ0n) is 13.2. The van der Waals surface area contributed by atoms with E-state index in [1.807, 2.05) is 24.3 Å². The summed E-state index contributed by atoms with van der Waals surface area (Å²) in [5.41, 5.74) is 1.81. The lowest BCUT2D eigenvalue weighted by atomic mass is 10.1. The Balaban J connectivity index is 1.82. The van der Waals surface area contributed by atoms with Crippen LogP contribution in [0.15, 0.2) is 24.3 Å². The van der Waals surface area contributed by atoms with Crippen LogP contribution in [0.4, 0.5) is 5.69 Å². The van der Waals surface area contributed by atoms with Crippen LogP contribution in [0.3, 0.4) is 0 Å². The molecule has 1 amide bonds. The monoisotopic (exact) mass is 289 g/mol. The number of amides is 1. The second kappa shape index (κ2) is 8.03. The van der Waals surface area contributed by atoms with E-state index in [0.717, 1.165) is 43.9 Å². The quantitative estimate of drug-likeness (QED) is 0.811. The molecule has 116 valence electrons. The third-order valence-electron chi connectivity index (χ3n) is 4.13. The number of hydrogen-bond acceptors (Lipinski definition) is 3. The van der Waals surface area contributed by atoms with E-state index in [2.05, 4.69) is 29.4 Å². The molecule has 2 N–H and O–H groups in total. The van der Waals surface area contributed by atoms with Crippen molar-refractivity contribution in [3.8, 4) is 0 Å². The molecule has 1 aromatic rings. The van der Waals surface area contributed by atoms with E-state index in [1.165, 1.54) is 12.8 Å². The second-order valence-electron chi connectivity index (χ2n) is 5.64. The Morgan fingerprint density at radius 1 is 1.29 bits per heavy atom. The van der Waals surface area contributed by atoms with Crippen LogP contribution in [0.5, 0.6) is 0 Å². The number of carbonyl (C=O) groups excluding carboxylic acids is 1. The Morgan fingerprint density at radius 3 is 2.71 bits per heavy atom. The van der Waals surface area contributed by atoms with E-state index in [-0.39, 0.29) is 5.91 Å². The largest absolute Gasteiger partial charge is 0.385 e. The number of likely N-dealkylation sites (N-methyl/N-ethyl adjacent to an activating group) is 1. The van der Waals surface area contributed by atoms with Gasteiger partial charge in [-0.05, 0) is 56.6 Å². The number of likely N-dealkylation sites (tertiary alicyclic amines) is 1. The summed E-state index contributed by atoms with van der Waals surface area (Å²) in [6, 6.07) is 8.22. The predicted octanol–water partition coefficient (Wildman–Crippen LogP) is 2.72. The molecule has 1 aliphatic heterocycles. The highest BCUT2D eigenvalue weighted by molar-refractivity contribution is 5.94. The Hall–Kier alpha value is -1.55. The van der Waals surface area contributed by atoms with Crippen molar-refractivity contribution in [1.82, 2.24) is 10.2 Å². The molecule has 1 aromatic carbocycles. The summed E-state index contributed by atoms with van der Waals surface area (Å²) in [7, 11) is 0. The summed E-state index contributed by atoms with van der Waals surface area (Å²) in [6.45, 7) is 8.26. The number of carbonyl (C=O) groups is 1. The van der Waals surface area contributed by atoms with E-state index in [4.69, 9.17) is 0 Å². The highest BCUT2D eigenvalue weighted by Gasteiger charge is 2.23. The minimum absolute atomic E-state index is 0.0278. The van der Waals surface area contributed by atoms with E-state index in [0.29, 0.717) is 6.04 Å². The Kier molecular flexibility index (Phi) is 6.05. The van der Waals surface area contributed by atoms with E-state index in [1.54, 1.807) is 0 Å². The van der Waals surface area contributed by atoms with Gasteiger partial charge in [-0.1, -0.05) is 13.8 Å².